The molecule has 3 aromatic carbocycles. The fourth-order valence-corrected chi connectivity index (χ4v) is 4.28. The first-order valence-electron chi connectivity index (χ1n) is 10.1. The molecular formula is C24H22BrN5O2S. The summed E-state index contributed by atoms with van der Waals surface area (Å²) in [4.78, 5) is 1.97. The minimum Gasteiger partial charge on any atom is -0.505 e. The zero-order valence-corrected chi connectivity index (χ0v) is 20.2. The van der Waals surface area contributed by atoms with Crippen molar-refractivity contribution in [3.63, 3.8) is 0 Å². The highest BCUT2D eigenvalue weighted by molar-refractivity contribution is 9.10. The summed E-state index contributed by atoms with van der Waals surface area (Å²) >= 11 is 1.71. The summed E-state index contributed by atoms with van der Waals surface area (Å²) < 4.78 is 20.9. The molecule has 0 fully saturated rings. The summed E-state index contributed by atoms with van der Waals surface area (Å²) in [6, 6.07) is 22.8. The van der Waals surface area contributed by atoms with Crippen LogP contribution in [-0.4, -0.2) is 32.9 Å². The number of para-hydroxylation sites is 2. The molecule has 0 aromatic heterocycles. The second-order valence-corrected chi connectivity index (χ2v) is 9.01. The van der Waals surface area contributed by atoms with Gasteiger partial charge in [-0.05, 0) is 45.8 Å². The van der Waals surface area contributed by atoms with E-state index >= 15 is 0 Å². The quantitative estimate of drug-likeness (QED) is 0.387. The molecule has 168 valence electrons. The minimum atomic E-state index is -1.76. The van der Waals surface area contributed by atoms with Crippen molar-refractivity contribution in [1.29, 1.82) is 0 Å². The summed E-state index contributed by atoms with van der Waals surface area (Å²) in [7, 11) is 1.92. The van der Waals surface area contributed by atoms with Crippen LogP contribution in [0.15, 0.2) is 92.6 Å². The van der Waals surface area contributed by atoms with Crippen molar-refractivity contribution in [2.75, 3.05) is 17.7 Å². The largest absolute Gasteiger partial charge is 0.505 e. The Morgan fingerprint density at radius 3 is 2.27 bits per heavy atom. The molecule has 0 saturated heterocycles. The fourth-order valence-electron chi connectivity index (χ4n) is 3.28. The second kappa shape index (κ2) is 10.0. The predicted molar refractivity (Wildman–Crippen MR) is 139 cm³/mol. The van der Waals surface area contributed by atoms with Gasteiger partial charge in [0.15, 0.2) is 11.7 Å². The average Bonchev–Trinajstić information content (AvgIpc) is 3.15. The summed E-state index contributed by atoms with van der Waals surface area (Å²) in [6.45, 7) is 4.81. The van der Waals surface area contributed by atoms with Crippen molar-refractivity contribution in [3.05, 3.63) is 95.0 Å². The molecule has 0 radical (unpaired) electrons. The minimum absolute atomic E-state index is 0.0167. The lowest BCUT2D eigenvalue weighted by Crippen LogP contribution is -2.27. The standard InChI is InChI=1S/C24H22BrN5O2S/c1-16(30(2)15-17-9-4-3-5-10-17)18-11-8-14-21(22(18)31)27-24-23(28-33(32)29-24)26-20-13-7-6-12-19(20)25/h3-14,31H,1,15H2,2H3,(H,26,28)(H,27,29). The van der Waals surface area contributed by atoms with Crippen molar-refractivity contribution in [2.45, 2.75) is 6.54 Å². The Hall–Kier alpha value is -3.43. The van der Waals surface area contributed by atoms with Gasteiger partial charge in [0, 0.05) is 29.3 Å². The maximum Gasteiger partial charge on any atom is 0.269 e. The molecule has 0 spiro atoms. The maximum atomic E-state index is 12.0. The zero-order chi connectivity index (χ0) is 23.4. The highest BCUT2D eigenvalue weighted by Gasteiger charge is 2.22. The number of phenols is 1. The number of benzene rings is 3. The molecule has 3 aromatic rings. The van der Waals surface area contributed by atoms with E-state index in [9.17, 15) is 9.32 Å². The molecule has 0 amide bonds. The summed E-state index contributed by atoms with van der Waals surface area (Å²) in [6.07, 6.45) is 0. The number of aromatic hydroxyl groups is 1. The lowest BCUT2D eigenvalue weighted by molar-refractivity contribution is 0.455. The molecule has 0 aliphatic carbocycles. The van der Waals surface area contributed by atoms with Gasteiger partial charge in [-0.15, -0.1) is 8.80 Å². The Morgan fingerprint density at radius 1 is 0.970 bits per heavy atom. The van der Waals surface area contributed by atoms with Crippen LogP contribution in [0.1, 0.15) is 11.1 Å². The second-order valence-electron chi connectivity index (χ2n) is 7.33. The van der Waals surface area contributed by atoms with Crippen LogP contribution in [0.5, 0.6) is 5.75 Å². The Morgan fingerprint density at radius 2 is 1.58 bits per heavy atom. The van der Waals surface area contributed by atoms with Crippen LogP contribution in [0.2, 0.25) is 0 Å². The molecule has 0 bridgehead atoms. The predicted octanol–water partition coefficient (Wildman–Crippen LogP) is 5.17. The summed E-state index contributed by atoms with van der Waals surface area (Å²) in [5, 5.41) is 17.1. The van der Waals surface area contributed by atoms with E-state index in [4.69, 9.17) is 0 Å². The van der Waals surface area contributed by atoms with Gasteiger partial charge < -0.3 is 20.6 Å². The van der Waals surface area contributed by atoms with Crippen molar-refractivity contribution >= 4 is 55.8 Å². The van der Waals surface area contributed by atoms with E-state index in [1.54, 1.807) is 12.1 Å². The van der Waals surface area contributed by atoms with Crippen LogP contribution in [-0.2, 0) is 17.7 Å². The van der Waals surface area contributed by atoms with E-state index in [1.807, 2.05) is 72.6 Å². The number of anilines is 2. The van der Waals surface area contributed by atoms with Gasteiger partial charge in [0.1, 0.15) is 5.75 Å². The van der Waals surface area contributed by atoms with Crippen LogP contribution < -0.4 is 10.6 Å². The SMILES string of the molecule is C=C(c1cccc(NC2=NS(=O)N=C2Nc2ccccc2Br)c1O)N(C)Cc1ccccc1. The lowest BCUT2D eigenvalue weighted by Gasteiger charge is -2.23. The molecule has 7 nitrogen and oxygen atoms in total. The molecule has 4 rings (SSSR count). The van der Waals surface area contributed by atoms with Gasteiger partial charge in [0.2, 0.25) is 0 Å². The monoisotopic (exact) mass is 523 g/mol. The number of phenolic OH excluding ortho intramolecular Hbond substituents is 1. The molecule has 1 unspecified atom stereocenters. The van der Waals surface area contributed by atoms with Gasteiger partial charge in [-0.1, -0.05) is 55.1 Å². The van der Waals surface area contributed by atoms with Gasteiger partial charge in [-0.2, -0.15) is 0 Å². The zero-order valence-electron chi connectivity index (χ0n) is 17.8. The number of rotatable bonds is 6. The van der Waals surface area contributed by atoms with Gasteiger partial charge in [-0.25, -0.2) is 4.21 Å². The van der Waals surface area contributed by atoms with Crippen LogP contribution in [0, 0.1) is 0 Å². The molecule has 1 heterocycles. The van der Waals surface area contributed by atoms with Gasteiger partial charge in [0.05, 0.1) is 11.4 Å². The molecule has 0 saturated carbocycles. The van der Waals surface area contributed by atoms with Crippen LogP contribution in [0.3, 0.4) is 0 Å². The maximum absolute atomic E-state index is 12.0. The van der Waals surface area contributed by atoms with Gasteiger partial charge in [0.25, 0.3) is 11.2 Å². The molecular weight excluding hydrogens is 502 g/mol. The molecule has 33 heavy (non-hydrogen) atoms. The normalized spacial score (nSPS) is 14.9. The number of halogens is 1. The first-order valence-corrected chi connectivity index (χ1v) is 11.9. The number of nitrogens with zero attached hydrogens (tertiary/aromatic N) is 3. The average molecular weight is 524 g/mol. The molecule has 1 atom stereocenters. The van der Waals surface area contributed by atoms with E-state index in [0.29, 0.717) is 29.3 Å². The van der Waals surface area contributed by atoms with E-state index in [-0.39, 0.29) is 11.6 Å². The Balaban J connectivity index is 1.53. The van der Waals surface area contributed by atoms with Crippen molar-refractivity contribution in [2.24, 2.45) is 8.80 Å². The van der Waals surface area contributed by atoms with Gasteiger partial charge in [-0.3, -0.25) is 0 Å². The van der Waals surface area contributed by atoms with Crippen molar-refractivity contribution in [3.8, 4) is 5.75 Å². The topological polar surface area (TPSA) is 89.3 Å². The summed E-state index contributed by atoms with van der Waals surface area (Å²) in [5.41, 5.74) is 3.53. The lowest BCUT2D eigenvalue weighted by atomic mass is 10.1. The third-order valence-electron chi connectivity index (χ3n) is 5.01. The summed E-state index contributed by atoms with van der Waals surface area (Å²) in [5.74, 6) is 0.591. The Kier molecular flexibility index (Phi) is 6.90. The highest BCUT2D eigenvalue weighted by Crippen LogP contribution is 2.34. The number of amidine groups is 2. The van der Waals surface area contributed by atoms with Crippen LogP contribution >= 0.6 is 15.9 Å². The number of hydrogen-bond acceptors (Lipinski definition) is 5. The van der Waals surface area contributed by atoms with E-state index < -0.39 is 11.2 Å². The van der Waals surface area contributed by atoms with Crippen molar-refractivity contribution in [1.82, 2.24) is 4.90 Å². The molecule has 1 aliphatic rings. The highest BCUT2D eigenvalue weighted by atomic mass is 79.9. The van der Waals surface area contributed by atoms with Crippen LogP contribution in [0.25, 0.3) is 5.70 Å². The Bertz CT molecular complexity index is 1280. The smallest absolute Gasteiger partial charge is 0.269 e. The van der Waals surface area contributed by atoms with Gasteiger partial charge >= 0.3 is 0 Å². The third-order valence-corrected chi connectivity index (χ3v) is 6.38. The van der Waals surface area contributed by atoms with Crippen LogP contribution in [0.4, 0.5) is 11.4 Å². The first kappa shape index (κ1) is 22.8. The van der Waals surface area contributed by atoms with E-state index in [0.717, 1.165) is 15.7 Å². The number of hydrogen-bond donors (Lipinski definition) is 3. The first-order chi connectivity index (χ1) is 15.9. The number of nitrogens with one attached hydrogen (secondary N) is 2. The molecule has 1 aliphatic heterocycles. The fraction of sp³-hybridized carbons (Fsp3) is 0.0833. The van der Waals surface area contributed by atoms with E-state index in [1.165, 1.54) is 0 Å². The van der Waals surface area contributed by atoms with E-state index in [2.05, 4.69) is 41.9 Å². The molecule has 9 heteroatoms. The third kappa shape index (κ3) is 5.32. The Labute approximate surface area is 203 Å². The molecule has 3 N–H and O–H groups in total. The van der Waals surface area contributed by atoms with Crippen molar-refractivity contribution < 1.29 is 9.32 Å².